The molecule has 1 fully saturated rings. The summed E-state index contributed by atoms with van der Waals surface area (Å²) in [4.78, 5) is 0. The van der Waals surface area contributed by atoms with Gasteiger partial charge in [0.15, 0.2) is 0 Å². The molecule has 0 radical (unpaired) electrons. The van der Waals surface area contributed by atoms with Gasteiger partial charge in [-0.2, -0.15) is 0 Å². The van der Waals surface area contributed by atoms with Crippen LogP contribution in [0.1, 0.15) is 88.7 Å². The number of allylic oxidation sites excluding steroid dienone is 3. The summed E-state index contributed by atoms with van der Waals surface area (Å²) in [5.41, 5.74) is 4.52. The highest BCUT2D eigenvalue weighted by atomic mass is 31.2. The largest absolute Gasteiger partial charge is 0.462 e. The van der Waals surface area contributed by atoms with Crippen molar-refractivity contribution < 1.29 is 13.8 Å². The zero-order valence-electron chi connectivity index (χ0n) is 18.9. The van der Waals surface area contributed by atoms with Crippen LogP contribution >= 0.6 is 8.38 Å². The molecule has 4 rings (SSSR count). The maximum atomic E-state index is 6.72. The van der Waals surface area contributed by atoms with Gasteiger partial charge in [0.05, 0.1) is 0 Å². The van der Waals surface area contributed by atoms with Crippen molar-refractivity contribution in [3.05, 3.63) is 47.2 Å². The smallest absolute Gasteiger partial charge is 0.233 e. The topological polar surface area (TPSA) is 27.7 Å². The number of ether oxygens (including phenoxy) is 1. The zero-order chi connectivity index (χ0) is 21.1. The summed E-state index contributed by atoms with van der Waals surface area (Å²) in [6, 6.07) is 4.52. The molecular weight excluding hydrogens is 391 g/mol. The predicted octanol–water partition coefficient (Wildman–Crippen LogP) is 8.05. The second-order valence-corrected chi connectivity index (χ2v) is 11.1. The summed E-state index contributed by atoms with van der Waals surface area (Å²) < 4.78 is 19.0. The van der Waals surface area contributed by atoms with Crippen molar-refractivity contribution in [2.24, 2.45) is 5.92 Å². The molecule has 2 aliphatic carbocycles. The Bertz CT molecular complexity index is 794. The van der Waals surface area contributed by atoms with E-state index >= 15 is 0 Å². The van der Waals surface area contributed by atoms with Gasteiger partial charge in [0.1, 0.15) is 17.3 Å². The lowest BCUT2D eigenvalue weighted by Crippen LogP contribution is -2.26. The second kappa shape index (κ2) is 9.88. The molecule has 30 heavy (non-hydrogen) atoms. The van der Waals surface area contributed by atoms with Crippen molar-refractivity contribution in [1.82, 2.24) is 0 Å². The van der Waals surface area contributed by atoms with Crippen molar-refractivity contribution in [2.75, 3.05) is 7.11 Å². The summed E-state index contributed by atoms with van der Waals surface area (Å²) >= 11 is 0. The van der Waals surface area contributed by atoms with Crippen molar-refractivity contribution >= 4 is 8.38 Å². The van der Waals surface area contributed by atoms with E-state index in [1.165, 1.54) is 61.6 Å². The molecule has 0 N–H and O–H groups in total. The molecule has 3 atom stereocenters. The average Bonchev–Trinajstić information content (AvgIpc) is 3.26. The third-order valence-electron chi connectivity index (χ3n) is 6.96. The highest BCUT2D eigenvalue weighted by Crippen LogP contribution is 2.56. The summed E-state index contributed by atoms with van der Waals surface area (Å²) in [6.07, 6.45) is 14.4. The first-order chi connectivity index (χ1) is 14.6. The minimum Gasteiger partial charge on any atom is -0.462 e. The van der Waals surface area contributed by atoms with Gasteiger partial charge in [-0.25, -0.2) is 0 Å². The first-order valence-corrected chi connectivity index (χ1v) is 13.1. The molecule has 1 saturated carbocycles. The molecule has 0 saturated heterocycles. The van der Waals surface area contributed by atoms with E-state index in [0.717, 1.165) is 36.5 Å². The molecule has 0 aromatic heterocycles. The van der Waals surface area contributed by atoms with Crippen LogP contribution in [0.3, 0.4) is 0 Å². The van der Waals surface area contributed by atoms with Crippen LogP contribution in [0.15, 0.2) is 36.1 Å². The summed E-state index contributed by atoms with van der Waals surface area (Å²) in [6.45, 7) is 8.78. The van der Waals surface area contributed by atoms with E-state index in [1.807, 2.05) is 7.11 Å². The minimum absolute atomic E-state index is 0.298. The van der Waals surface area contributed by atoms with Crippen LogP contribution in [0, 0.1) is 5.92 Å². The van der Waals surface area contributed by atoms with Gasteiger partial charge in [-0.05, 0) is 63.1 Å². The molecule has 4 heteroatoms. The van der Waals surface area contributed by atoms with Gasteiger partial charge in [0, 0.05) is 30.2 Å². The van der Waals surface area contributed by atoms with Gasteiger partial charge < -0.3 is 13.8 Å². The molecule has 0 spiro atoms. The lowest BCUT2D eigenvalue weighted by Gasteiger charge is -2.38. The Morgan fingerprint density at radius 2 is 1.97 bits per heavy atom. The predicted molar refractivity (Wildman–Crippen MR) is 125 cm³/mol. The highest BCUT2D eigenvalue weighted by Gasteiger charge is 2.38. The van der Waals surface area contributed by atoms with Crippen LogP contribution in [-0.4, -0.2) is 12.8 Å². The minimum atomic E-state index is -0.925. The van der Waals surface area contributed by atoms with E-state index in [0.29, 0.717) is 17.5 Å². The third kappa shape index (κ3) is 4.63. The fraction of sp³-hybridized carbons (Fsp3) is 0.615. The average molecular weight is 429 g/mol. The SMILES string of the molecule is C=C1Oc2cc(CCCCC)cc(OP(OC)C3CCCC3)c2C2C=C(C)CCC12. The summed E-state index contributed by atoms with van der Waals surface area (Å²) in [5, 5.41) is 0. The number of rotatable bonds is 8. The van der Waals surface area contributed by atoms with Gasteiger partial charge >= 0.3 is 0 Å². The molecule has 3 unspecified atom stereocenters. The van der Waals surface area contributed by atoms with E-state index in [9.17, 15) is 0 Å². The van der Waals surface area contributed by atoms with E-state index in [2.05, 4.69) is 38.6 Å². The van der Waals surface area contributed by atoms with Crippen LogP contribution in [0.5, 0.6) is 11.5 Å². The van der Waals surface area contributed by atoms with E-state index < -0.39 is 8.38 Å². The standard InChI is InChI=1S/C26H37O3P/c1-5-6-7-10-20-16-24-26(23-15-18(2)13-14-22(23)19(3)28-24)25(17-20)29-30(27-4)21-11-8-9-12-21/h15-17,21-23H,3,5-14H2,1-2,4H3. The molecule has 164 valence electrons. The first kappa shape index (κ1) is 21.9. The maximum absolute atomic E-state index is 6.72. The third-order valence-corrected chi connectivity index (χ3v) is 8.81. The molecule has 0 amide bonds. The number of hydrogen-bond donors (Lipinski definition) is 0. The number of hydrogen-bond acceptors (Lipinski definition) is 3. The molecule has 3 nitrogen and oxygen atoms in total. The Morgan fingerprint density at radius 1 is 1.17 bits per heavy atom. The van der Waals surface area contributed by atoms with Gasteiger partial charge in [-0.3, -0.25) is 0 Å². The summed E-state index contributed by atoms with van der Waals surface area (Å²) in [5.74, 6) is 3.50. The Morgan fingerprint density at radius 3 is 2.70 bits per heavy atom. The van der Waals surface area contributed by atoms with Crippen LogP contribution in [0.25, 0.3) is 0 Å². The first-order valence-electron chi connectivity index (χ1n) is 11.8. The van der Waals surface area contributed by atoms with E-state index in [-0.39, 0.29) is 0 Å². The molecule has 1 aromatic rings. The Kier molecular flexibility index (Phi) is 7.21. The van der Waals surface area contributed by atoms with Gasteiger partial charge in [0.2, 0.25) is 8.38 Å². The number of aryl methyl sites for hydroxylation is 1. The number of unbranched alkanes of at least 4 members (excludes halogenated alkanes) is 2. The fourth-order valence-electron chi connectivity index (χ4n) is 5.27. The van der Waals surface area contributed by atoms with E-state index in [1.54, 1.807) is 0 Å². The fourth-order valence-corrected chi connectivity index (χ4v) is 6.93. The van der Waals surface area contributed by atoms with Crippen molar-refractivity contribution in [1.29, 1.82) is 0 Å². The van der Waals surface area contributed by atoms with Gasteiger partial charge in [-0.1, -0.05) is 50.8 Å². The molecule has 3 aliphatic rings. The Labute approximate surface area is 183 Å². The lowest BCUT2D eigenvalue weighted by molar-refractivity contribution is 0.276. The van der Waals surface area contributed by atoms with Crippen molar-refractivity contribution in [2.45, 2.75) is 89.6 Å². The number of fused-ring (bicyclic) bond motifs is 3. The monoisotopic (exact) mass is 428 g/mol. The Balaban J connectivity index is 1.72. The molecule has 1 heterocycles. The van der Waals surface area contributed by atoms with Crippen molar-refractivity contribution in [3.8, 4) is 11.5 Å². The van der Waals surface area contributed by atoms with Gasteiger partial charge in [0.25, 0.3) is 0 Å². The second-order valence-electron chi connectivity index (χ2n) is 9.21. The molecule has 1 aliphatic heterocycles. The zero-order valence-corrected chi connectivity index (χ0v) is 19.8. The molecule has 0 bridgehead atoms. The normalized spacial score (nSPS) is 24.6. The van der Waals surface area contributed by atoms with Crippen LogP contribution in [-0.2, 0) is 10.9 Å². The van der Waals surface area contributed by atoms with E-state index in [4.69, 9.17) is 13.8 Å². The van der Waals surface area contributed by atoms with Crippen LogP contribution in [0.4, 0.5) is 0 Å². The van der Waals surface area contributed by atoms with Gasteiger partial charge in [-0.15, -0.1) is 0 Å². The van der Waals surface area contributed by atoms with Crippen LogP contribution < -0.4 is 9.26 Å². The highest BCUT2D eigenvalue weighted by molar-refractivity contribution is 7.48. The quantitative estimate of drug-likeness (QED) is 0.238. The van der Waals surface area contributed by atoms with Crippen LogP contribution in [0.2, 0.25) is 0 Å². The lowest BCUT2D eigenvalue weighted by atomic mass is 9.74. The molecule has 1 aromatic carbocycles. The summed E-state index contributed by atoms with van der Waals surface area (Å²) in [7, 11) is 0.888. The van der Waals surface area contributed by atoms with Crippen molar-refractivity contribution in [3.63, 3.8) is 0 Å². The molecular formula is C26H37O3P. The maximum Gasteiger partial charge on any atom is 0.233 e. The Hall–Kier alpha value is -1.31. The number of benzene rings is 1.